The third kappa shape index (κ3) is 6.11. The first-order valence-electron chi connectivity index (χ1n) is 8.22. The summed E-state index contributed by atoms with van der Waals surface area (Å²) < 4.78 is 23.6. The van der Waals surface area contributed by atoms with Gasteiger partial charge in [-0.1, -0.05) is 12.7 Å². The monoisotopic (exact) mass is 375 g/mol. The van der Waals surface area contributed by atoms with E-state index < -0.39 is 0 Å². The Morgan fingerprint density at radius 2 is 2.00 bits per heavy atom. The number of amides is 1. The summed E-state index contributed by atoms with van der Waals surface area (Å²) in [6.45, 7) is 4.53. The summed E-state index contributed by atoms with van der Waals surface area (Å²) in [5.74, 6) is 1.51. The zero-order valence-electron chi connectivity index (χ0n) is 14.7. The maximum atomic E-state index is 12.8. The van der Waals surface area contributed by atoms with Crippen molar-refractivity contribution in [3.63, 3.8) is 0 Å². The average Bonchev–Trinajstić information content (AvgIpc) is 2.67. The van der Waals surface area contributed by atoms with E-state index in [2.05, 4.69) is 11.9 Å². The number of halogens is 1. The van der Waals surface area contributed by atoms with Gasteiger partial charge < -0.3 is 14.8 Å². The van der Waals surface area contributed by atoms with Crippen LogP contribution in [0.1, 0.15) is 16.8 Å². The number of carbonyl (C=O) groups is 1. The largest absolute Gasteiger partial charge is 0.493 e. The Bertz CT molecular complexity index is 734. The molecule has 0 aliphatic carbocycles. The van der Waals surface area contributed by atoms with E-state index in [0.717, 1.165) is 17.1 Å². The smallest absolute Gasteiger partial charge is 0.251 e. The highest BCUT2D eigenvalue weighted by molar-refractivity contribution is 7.99. The predicted molar refractivity (Wildman–Crippen MR) is 103 cm³/mol. The molecule has 6 heteroatoms. The van der Waals surface area contributed by atoms with Crippen LogP contribution in [0.2, 0.25) is 0 Å². The summed E-state index contributed by atoms with van der Waals surface area (Å²) in [5.41, 5.74) is 0.513. The second-order valence-corrected chi connectivity index (χ2v) is 6.55. The van der Waals surface area contributed by atoms with E-state index in [1.54, 1.807) is 48.2 Å². The van der Waals surface area contributed by atoms with Crippen molar-refractivity contribution in [2.45, 2.75) is 11.3 Å². The normalized spacial score (nSPS) is 10.2. The SMILES string of the molecule is C=CCOc1ccc(C(=O)NCCCSc2ccc(F)cc2)cc1OC. The van der Waals surface area contributed by atoms with Crippen molar-refractivity contribution in [1.82, 2.24) is 5.32 Å². The number of nitrogens with one attached hydrogen (secondary N) is 1. The fourth-order valence-electron chi connectivity index (χ4n) is 2.17. The quantitative estimate of drug-likeness (QED) is 0.382. The number of benzene rings is 2. The van der Waals surface area contributed by atoms with Gasteiger partial charge in [-0.25, -0.2) is 4.39 Å². The van der Waals surface area contributed by atoms with Gasteiger partial charge in [0.1, 0.15) is 12.4 Å². The molecular formula is C20H22FNO3S. The van der Waals surface area contributed by atoms with Crippen molar-refractivity contribution in [3.8, 4) is 11.5 Å². The molecule has 0 aromatic heterocycles. The standard InChI is InChI=1S/C20H22FNO3S/c1-3-12-25-18-10-5-15(14-19(18)24-2)20(23)22-11-4-13-26-17-8-6-16(21)7-9-17/h3,5-10,14H,1,4,11-13H2,2H3,(H,22,23). The minimum absolute atomic E-state index is 0.162. The molecule has 138 valence electrons. The van der Waals surface area contributed by atoms with Gasteiger partial charge in [0.2, 0.25) is 0 Å². The van der Waals surface area contributed by atoms with Crippen LogP contribution >= 0.6 is 11.8 Å². The van der Waals surface area contributed by atoms with E-state index in [4.69, 9.17) is 9.47 Å². The van der Waals surface area contributed by atoms with E-state index in [1.807, 2.05) is 0 Å². The molecule has 0 aliphatic heterocycles. The van der Waals surface area contributed by atoms with Crippen LogP contribution in [0, 0.1) is 5.82 Å². The summed E-state index contributed by atoms with van der Waals surface area (Å²) in [6.07, 6.45) is 2.45. The van der Waals surface area contributed by atoms with Gasteiger partial charge in [-0.3, -0.25) is 4.79 Å². The number of carbonyl (C=O) groups excluding carboxylic acids is 1. The van der Waals surface area contributed by atoms with E-state index in [-0.39, 0.29) is 11.7 Å². The van der Waals surface area contributed by atoms with Crippen LogP contribution in [0.25, 0.3) is 0 Å². The molecule has 0 saturated carbocycles. The third-order valence-electron chi connectivity index (χ3n) is 3.47. The van der Waals surface area contributed by atoms with Crippen molar-refractivity contribution in [3.05, 3.63) is 66.5 Å². The van der Waals surface area contributed by atoms with Gasteiger partial charge in [0, 0.05) is 17.0 Å². The van der Waals surface area contributed by atoms with Crippen LogP contribution in [0.15, 0.2) is 60.0 Å². The molecule has 0 aliphatic rings. The van der Waals surface area contributed by atoms with E-state index in [0.29, 0.717) is 30.2 Å². The van der Waals surface area contributed by atoms with Crippen LogP contribution < -0.4 is 14.8 Å². The van der Waals surface area contributed by atoms with Gasteiger partial charge >= 0.3 is 0 Å². The van der Waals surface area contributed by atoms with Crippen molar-refractivity contribution >= 4 is 17.7 Å². The first-order valence-corrected chi connectivity index (χ1v) is 9.21. The van der Waals surface area contributed by atoms with E-state index in [9.17, 15) is 9.18 Å². The molecule has 0 saturated heterocycles. The molecule has 2 aromatic carbocycles. The minimum atomic E-state index is -0.238. The Morgan fingerprint density at radius 1 is 1.23 bits per heavy atom. The second kappa shape index (κ2) is 10.5. The molecule has 26 heavy (non-hydrogen) atoms. The molecule has 1 amide bonds. The number of hydrogen-bond donors (Lipinski definition) is 1. The lowest BCUT2D eigenvalue weighted by molar-refractivity contribution is 0.0953. The summed E-state index contributed by atoms with van der Waals surface area (Å²) in [6, 6.07) is 11.5. The second-order valence-electron chi connectivity index (χ2n) is 5.38. The predicted octanol–water partition coefficient (Wildman–Crippen LogP) is 4.31. The molecule has 0 spiro atoms. The van der Waals surface area contributed by atoms with Crippen LogP contribution in [0.3, 0.4) is 0 Å². The van der Waals surface area contributed by atoms with Crippen LogP contribution in [0.4, 0.5) is 4.39 Å². The summed E-state index contributed by atoms with van der Waals surface area (Å²) in [5, 5.41) is 2.88. The Morgan fingerprint density at radius 3 is 2.69 bits per heavy atom. The lowest BCUT2D eigenvalue weighted by atomic mass is 10.2. The summed E-state index contributed by atoms with van der Waals surface area (Å²) >= 11 is 1.63. The first kappa shape index (κ1) is 19.8. The molecule has 0 bridgehead atoms. The minimum Gasteiger partial charge on any atom is -0.493 e. The number of ether oxygens (including phenoxy) is 2. The fourth-order valence-corrected chi connectivity index (χ4v) is 3.03. The zero-order chi connectivity index (χ0) is 18.8. The first-order chi connectivity index (χ1) is 12.6. The highest BCUT2D eigenvalue weighted by Gasteiger charge is 2.10. The van der Waals surface area contributed by atoms with Gasteiger partial charge in [-0.15, -0.1) is 11.8 Å². The molecule has 0 unspecified atom stereocenters. The summed E-state index contributed by atoms with van der Waals surface area (Å²) in [7, 11) is 1.53. The van der Waals surface area contributed by atoms with Gasteiger partial charge in [0.15, 0.2) is 11.5 Å². The molecule has 0 atom stereocenters. The lowest BCUT2D eigenvalue weighted by Gasteiger charge is -2.11. The Kier molecular flexibility index (Phi) is 8.02. The van der Waals surface area contributed by atoms with E-state index >= 15 is 0 Å². The third-order valence-corrected chi connectivity index (χ3v) is 4.57. The van der Waals surface area contributed by atoms with Crippen molar-refractivity contribution in [2.24, 2.45) is 0 Å². The Labute approximate surface area is 157 Å². The fraction of sp³-hybridized carbons (Fsp3) is 0.250. The topological polar surface area (TPSA) is 47.6 Å². The molecule has 0 radical (unpaired) electrons. The molecule has 2 aromatic rings. The number of thioether (sulfide) groups is 1. The van der Waals surface area contributed by atoms with Crippen molar-refractivity contribution in [1.29, 1.82) is 0 Å². The van der Waals surface area contributed by atoms with Crippen LogP contribution in [-0.2, 0) is 0 Å². The number of methoxy groups -OCH3 is 1. The molecule has 0 fully saturated rings. The Hall–Kier alpha value is -2.47. The van der Waals surface area contributed by atoms with Gasteiger partial charge in [-0.2, -0.15) is 0 Å². The number of hydrogen-bond acceptors (Lipinski definition) is 4. The van der Waals surface area contributed by atoms with Gasteiger partial charge in [-0.05, 0) is 54.6 Å². The van der Waals surface area contributed by atoms with Crippen LogP contribution in [-0.4, -0.2) is 31.9 Å². The highest BCUT2D eigenvalue weighted by Crippen LogP contribution is 2.28. The highest BCUT2D eigenvalue weighted by atomic mass is 32.2. The average molecular weight is 375 g/mol. The zero-order valence-corrected chi connectivity index (χ0v) is 15.5. The maximum Gasteiger partial charge on any atom is 0.251 e. The lowest BCUT2D eigenvalue weighted by Crippen LogP contribution is -2.24. The van der Waals surface area contributed by atoms with Crippen LogP contribution in [0.5, 0.6) is 11.5 Å². The van der Waals surface area contributed by atoms with Crippen molar-refractivity contribution in [2.75, 3.05) is 26.0 Å². The van der Waals surface area contributed by atoms with Gasteiger partial charge in [0.05, 0.1) is 7.11 Å². The van der Waals surface area contributed by atoms with Crippen molar-refractivity contribution < 1.29 is 18.7 Å². The molecule has 0 heterocycles. The molecule has 2 rings (SSSR count). The Balaban J connectivity index is 1.78. The maximum absolute atomic E-state index is 12.8. The molecule has 1 N–H and O–H groups in total. The van der Waals surface area contributed by atoms with Gasteiger partial charge in [0.25, 0.3) is 5.91 Å². The summed E-state index contributed by atoms with van der Waals surface area (Å²) in [4.78, 5) is 13.2. The molecule has 4 nitrogen and oxygen atoms in total. The van der Waals surface area contributed by atoms with E-state index in [1.165, 1.54) is 19.2 Å². The molecular weight excluding hydrogens is 353 g/mol. The number of rotatable bonds is 10.